The number of aliphatic carboxylic acids is 1. The van der Waals surface area contributed by atoms with Crippen molar-refractivity contribution in [3.05, 3.63) is 23.8 Å². The predicted octanol–water partition coefficient (Wildman–Crippen LogP) is 5.71. The Hall–Kier alpha value is -3.14. The second-order valence-electron chi connectivity index (χ2n) is 10.9. The maximum atomic E-state index is 12.4. The van der Waals surface area contributed by atoms with Crippen molar-refractivity contribution in [1.82, 2.24) is 0 Å². The lowest BCUT2D eigenvalue weighted by atomic mass is 9.86. The molecule has 39 heavy (non-hydrogen) atoms. The number of carboxylic acids is 1. The molecule has 0 fully saturated rings. The van der Waals surface area contributed by atoms with Gasteiger partial charge >= 0.3 is 24.1 Å². The van der Waals surface area contributed by atoms with E-state index in [0.29, 0.717) is 18.4 Å². The number of carboxylic acid groups (broad SMARTS) is 1. The number of carbonyl (C=O) groups is 4. The third kappa shape index (κ3) is 13.5. The molecule has 0 bridgehead atoms. The Labute approximate surface area is 231 Å². The molecule has 0 aliphatic rings. The van der Waals surface area contributed by atoms with E-state index >= 15 is 0 Å². The summed E-state index contributed by atoms with van der Waals surface area (Å²) in [6, 6.07) is 4.48. The zero-order chi connectivity index (χ0) is 29.6. The fraction of sp³-hybridized carbons (Fsp3) is 0.655. The molecule has 1 aromatic rings. The van der Waals surface area contributed by atoms with E-state index in [9.17, 15) is 24.3 Å². The number of benzene rings is 1. The summed E-state index contributed by atoms with van der Waals surface area (Å²) < 4.78 is 21.3. The smallest absolute Gasteiger partial charge is 0.480 e. The number of unbranched alkanes of at least 4 members (excludes halogenated alkanes) is 4. The van der Waals surface area contributed by atoms with Gasteiger partial charge in [-0.1, -0.05) is 45.6 Å². The minimum atomic E-state index is -1.82. The second-order valence-corrected chi connectivity index (χ2v) is 10.9. The Balaban J connectivity index is 3.12. The standard InChI is InChI=1S/C29H45NO9/c1-7-9-11-13-24(31)37-22-16-15-21(17-23(22)38-25(32)14-12-10-8-2)19-29(30,26(33)34)18-20(3)36-27(35)39-28(4,5)6/h15-17,20H,7-14,18-19,30H2,1-6H3,(H,33,34)/t20-,29?/m0/s1. The van der Waals surface area contributed by atoms with Crippen LogP contribution in [0.1, 0.15) is 105 Å². The molecule has 0 radical (unpaired) electrons. The van der Waals surface area contributed by atoms with Gasteiger partial charge in [0, 0.05) is 25.7 Å². The number of hydrogen-bond donors (Lipinski definition) is 2. The second kappa shape index (κ2) is 16.1. The third-order valence-electron chi connectivity index (χ3n) is 5.71. The van der Waals surface area contributed by atoms with E-state index in [1.807, 2.05) is 13.8 Å². The Morgan fingerprint density at radius 2 is 1.44 bits per heavy atom. The summed E-state index contributed by atoms with van der Waals surface area (Å²) in [7, 11) is 0. The van der Waals surface area contributed by atoms with Gasteiger partial charge in [-0.05, 0) is 58.2 Å². The highest BCUT2D eigenvalue weighted by molar-refractivity contribution is 5.79. The van der Waals surface area contributed by atoms with Crippen LogP contribution in [-0.2, 0) is 30.3 Å². The molecule has 0 spiro atoms. The fourth-order valence-electron chi connectivity index (χ4n) is 3.80. The molecule has 0 saturated carbocycles. The quantitative estimate of drug-likeness (QED) is 0.148. The number of carbonyl (C=O) groups excluding carboxylic acids is 3. The van der Waals surface area contributed by atoms with Crippen LogP contribution < -0.4 is 15.2 Å². The van der Waals surface area contributed by atoms with Gasteiger partial charge in [-0.3, -0.25) is 14.4 Å². The van der Waals surface area contributed by atoms with Crippen molar-refractivity contribution in [1.29, 1.82) is 0 Å². The van der Waals surface area contributed by atoms with Crippen molar-refractivity contribution in [3.8, 4) is 11.5 Å². The number of hydrogen-bond acceptors (Lipinski definition) is 9. The molecule has 1 unspecified atom stereocenters. The van der Waals surface area contributed by atoms with Gasteiger partial charge in [-0.25, -0.2) is 4.79 Å². The molecule has 3 N–H and O–H groups in total. The van der Waals surface area contributed by atoms with Gasteiger partial charge in [-0.2, -0.15) is 0 Å². The summed E-state index contributed by atoms with van der Waals surface area (Å²) in [6.07, 6.45) is 3.23. The predicted molar refractivity (Wildman–Crippen MR) is 146 cm³/mol. The summed E-state index contributed by atoms with van der Waals surface area (Å²) in [4.78, 5) is 49.0. The van der Waals surface area contributed by atoms with Crippen LogP contribution in [0.5, 0.6) is 11.5 Å². The van der Waals surface area contributed by atoms with Gasteiger partial charge in [0.1, 0.15) is 17.2 Å². The van der Waals surface area contributed by atoms with Gasteiger partial charge in [0.15, 0.2) is 11.5 Å². The number of rotatable bonds is 16. The van der Waals surface area contributed by atoms with E-state index in [1.54, 1.807) is 26.8 Å². The van der Waals surface area contributed by atoms with E-state index in [2.05, 4.69) is 0 Å². The number of ether oxygens (including phenoxy) is 4. The molecule has 220 valence electrons. The van der Waals surface area contributed by atoms with E-state index in [0.717, 1.165) is 25.7 Å². The summed E-state index contributed by atoms with van der Waals surface area (Å²) in [6.45, 7) is 10.6. The summed E-state index contributed by atoms with van der Waals surface area (Å²) >= 11 is 0. The normalized spacial score (nSPS) is 13.6. The van der Waals surface area contributed by atoms with Gasteiger partial charge in [0.25, 0.3) is 0 Å². The van der Waals surface area contributed by atoms with Gasteiger partial charge < -0.3 is 29.8 Å². The first-order valence-corrected chi connectivity index (χ1v) is 13.6. The van der Waals surface area contributed by atoms with E-state index in [1.165, 1.54) is 19.1 Å². The van der Waals surface area contributed by atoms with Crippen LogP contribution in [0.25, 0.3) is 0 Å². The van der Waals surface area contributed by atoms with Crippen molar-refractivity contribution in [2.45, 2.75) is 123 Å². The Morgan fingerprint density at radius 3 is 1.92 bits per heavy atom. The summed E-state index contributed by atoms with van der Waals surface area (Å²) in [5.74, 6) is -2.15. The first-order valence-electron chi connectivity index (χ1n) is 13.6. The van der Waals surface area contributed by atoms with Gasteiger partial charge in [-0.15, -0.1) is 0 Å². The number of esters is 2. The molecule has 0 saturated heterocycles. The van der Waals surface area contributed by atoms with Gasteiger partial charge in [0.05, 0.1) is 0 Å². The lowest BCUT2D eigenvalue weighted by Crippen LogP contribution is -2.52. The number of nitrogens with two attached hydrogens (primary N) is 1. The summed E-state index contributed by atoms with van der Waals surface area (Å²) in [5.41, 5.74) is 4.12. The fourth-order valence-corrected chi connectivity index (χ4v) is 3.80. The lowest BCUT2D eigenvalue weighted by molar-refractivity contribution is -0.145. The molecule has 0 heterocycles. The maximum Gasteiger partial charge on any atom is 0.509 e. The van der Waals surface area contributed by atoms with E-state index in [-0.39, 0.29) is 37.2 Å². The largest absolute Gasteiger partial charge is 0.509 e. The highest BCUT2D eigenvalue weighted by Crippen LogP contribution is 2.32. The van der Waals surface area contributed by atoms with Crippen LogP contribution in [0.15, 0.2) is 18.2 Å². The summed E-state index contributed by atoms with van der Waals surface area (Å²) in [5, 5.41) is 9.92. The van der Waals surface area contributed by atoms with Gasteiger partial charge in [0.2, 0.25) is 0 Å². The van der Waals surface area contributed by atoms with Crippen LogP contribution in [0.4, 0.5) is 4.79 Å². The van der Waals surface area contributed by atoms with Crippen LogP contribution >= 0.6 is 0 Å². The molecule has 0 amide bonds. The van der Waals surface area contributed by atoms with E-state index < -0.39 is 41.3 Å². The zero-order valence-electron chi connectivity index (χ0n) is 24.2. The van der Waals surface area contributed by atoms with Crippen LogP contribution in [0.2, 0.25) is 0 Å². The average molecular weight is 552 g/mol. The molecular formula is C29H45NO9. The highest BCUT2D eigenvalue weighted by Gasteiger charge is 2.37. The maximum absolute atomic E-state index is 12.4. The zero-order valence-corrected chi connectivity index (χ0v) is 24.2. The van der Waals surface area contributed by atoms with Crippen LogP contribution in [0.3, 0.4) is 0 Å². The SMILES string of the molecule is CCCCCC(=O)Oc1ccc(CC(N)(C[C@H](C)OC(=O)OC(C)(C)C)C(=O)O)cc1OC(=O)CCCCC. The van der Waals surface area contributed by atoms with Crippen molar-refractivity contribution in [2.75, 3.05) is 0 Å². The van der Waals surface area contributed by atoms with Crippen LogP contribution in [-0.4, -0.2) is 46.4 Å². The molecule has 10 heteroatoms. The molecular weight excluding hydrogens is 506 g/mol. The topological polar surface area (TPSA) is 151 Å². The molecule has 2 atom stereocenters. The minimum absolute atomic E-state index is 0.0173. The Kier molecular flexibility index (Phi) is 14.0. The third-order valence-corrected chi connectivity index (χ3v) is 5.71. The van der Waals surface area contributed by atoms with Crippen molar-refractivity contribution < 1.29 is 43.2 Å². The monoisotopic (exact) mass is 551 g/mol. The minimum Gasteiger partial charge on any atom is -0.480 e. The van der Waals surface area contributed by atoms with Crippen molar-refractivity contribution in [2.24, 2.45) is 5.73 Å². The highest BCUT2D eigenvalue weighted by atomic mass is 16.7. The molecule has 10 nitrogen and oxygen atoms in total. The molecule has 0 aliphatic carbocycles. The Morgan fingerprint density at radius 1 is 0.897 bits per heavy atom. The van der Waals surface area contributed by atoms with Crippen LogP contribution in [0, 0.1) is 0 Å². The lowest BCUT2D eigenvalue weighted by Gasteiger charge is -2.28. The molecule has 0 aliphatic heterocycles. The first kappa shape index (κ1) is 33.9. The molecule has 0 aromatic heterocycles. The molecule has 1 aromatic carbocycles. The Bertz CT molecular complexity index is 970. The first-order chi connectivity index (χ1) is 18.2. The van der Waals surface area contributed by atoms with E-state index in [4.69, 9.17) is 24.7 Å². The van der Waals surface area contributed by atoms with Crippen molar-refractivity contribution >= 4 is 24.1 Å². The average Bonchev–Trinajstić information content (AvgIpc) is 2.79. The molecule has 1 rings (SSSR count). The van der Waals surface area contributed by atoms with Crippen molar-refractivity contribution in [3.63, 3.8) is 0 Å².